The molecule has 0 aliphatic carbocycles. The molecule has 0 saturated carbocycles. The number of amides is 1. The van der Waals surface area contributed by atoms with Crippen molar-refractivity contribution in [1.29, 1.82) is 0 Å². The van der Waals surface area contributed by atoms with E-state index in [4.69, 9.17) is 4.98 Å². The highest BCUT2D eigenvalue weighted by molar-refractivity contribution is 9.10. The monoisotopic (exact) mass is 496 g/mol. The SMILES string of the molecule is CC(C)N(C(=O)[C@@H]1CCCN(Cc2nc3ccccc3n2-c2ccc(Br)cc2)C1)C(C)C. The molecule has 6 heteroatoms. The number of benzene rings is 2. The van der Waals surface area contributed by atoms with Crippen molar-refractivity contribution in [2.75, 3.05) is 13.1 Å². The highest BCUT2D eigenvalue weighted by atomic mass is 79.9. The van der Waals surface area contributed by atoms with E-state index in [2.05, 4.69) is 95.6 Å². The summed E-state index contributed by atoms with van der Waals surface area (Å²) in [5.41, 5.74) is 3.22. The Kier molecular flexibility index (Phi) is 7.01. The number of piperidine rings is 1. The van der Waals surface area contributed by atoms with E-state index in [1.54, 1.807) is 0 Å². The molecule has 1 atom stereocenters. The number of fused-ring (bicyclic) bond motifs is 1. The second-order valence-electron chi connectivity index (χ2n) is 9.34. The van der Waals surface area contributed by atoms with Crippen LogP contribution in [0.5, 0.6) is 0 Å². The maximum absolute atomic E-state index is 13.3. The first kappa shape index (κ1) is 23.0. The molecule has 1 saturated heterocycles. The molecule has 2 heterocycles. The lowest BCUT2D eigenvalue weighted by Gasteiger charge is -2.38. The first-order chi connectivity index (χ1) is 15.3. The lowest BCUT2D eigenvalue weighted by molar-refractivity contribution is -0.141. The first-order valence-corrected chi connectivity index (χ1v) is 12.4. The third kappa shape index (κ3) is 4.76. The van der Waals surface area contributed by atoms with Gasteiger partial charge in [-0.2, -0.15) is 0 Å². The van der Waals surface area contributed by atoms with Crippen LogP contribution in [-0.2, 0) is 11.3 Å². The zero-order valence-corrected chi connectivity index (χ0v) is 21.0. The van der Waals surface area contributed by atoms with Crippen molar-refractivity contribution >= 4 is 32.9 Å². The van der Waals surface area contributed by atoms with Gasteiger partial charge in [-0.1, -0.05) is 28.1 Å². The Bertz CT molecular complexity index is 1070. The molecular formula is C26H33BrN4O. The van der Waals surface area contributed by atoms with E-state index in [0.717, 1.165) is 59.5 Å². The molecule has 3 aromatic rings. The summed E-state index contributed by atoms with van der Waals surface area (Å²) < 4.78 is 3.31. The molecular weight excluding hydrogens is 464 g/mol. The largest absolute Gasteiger partial charge is 0.338 e. The van der Waals surface area contributed by atoms with Crippen LogP contribution < -0.4 is 0 Å². The third-order valence-electron chi connectivity index (χ3n) is 6.30. The van der Waals surface area contributed by atoms with Crippen LogP contribution in [0.4, 0.5) is 0 Å². The van der Waals surface area contributed by atoms with Crippen LogP contribution in [0, 0.1) is 5.92 Å². The summed E-state index contributed by atoms with van der Waals surface area (Å²) in [5, 5.41) is 0. The van der Waals surface area contributed by atoms with Gasteiger partial charge in [0.05, 0.1) is 23.5 Å². The molecule has 5 nitrogen and oxygen atoms in total. The fraction of sp³-hybridized carbons (Fsp3) is 0.462. The number of hydrogen-bond acceptors (Lipinski definition) is 3. The van der Waals surface area contributed by atoms with Gasteiger partial charge in [-0.25, -0.2) is 4.98 Å². The van der Waals surface area contributed by atoms with Crippen LogP contribution >= 0.6 is 15.9 Å². The minimum absolute atomic E-state index is 0.0547. The van der Waals surface area contributed by atoms with E-state index in [0.29, 0.717) is 5.91 Å². The Hall–Kier alpha value is -2.18. The van der Waals surface area contributed by atoms with Crippen molar-refractivity contribution in [2.24, 2.45) is 5.92 Å². The normalized spacial score (nSPS) is 17.4. The van der Waals surface area contributed by atoms with E-state index in [1.807, 2.05) is 11.0 Å². The lowest BCUT2D eigenvalue weighted by Crippen LogP contribution is -2.49. The Balaban J connectivity index is 1.60. The van der Waals surface area contributed by atoms with Gasteiger partial charge in [0.15, 0.2) is 0 Å². The summed E-state index contributed by atoms with van der Waals surface area (Å²) in [7, 11) is 0. The number of rotatable bonds is 6. The van der Waals surface area contributed by atoms with Crippen molar-refractivity contribution in [2.45, 2.75) is 59.2 Å². The molecule has 0 unspecified atom stereocenters. The van der Waals surface area contributed by atoms with Gasteiger partial charge in [-0.3, -0.25) is 14.3 Å². The second-order valence-corrected chi connectivity index (χ2v) is 10.3. The first-order valence-electron chi connectivity index (χ1n) is 11.6. The molecule has 0 spiro atoms. The summed E-state index contributed by atoms with van der Waals surface area (Å²) in [6.45, 7) is 11.0. The van der Waals surface area contributed by atoms with Gasteiger partial charge in [-0.15, -0.1) is 0 Å². The number of hydrogen-bond donors (Lipinski definition) is 0. The Labute approximate surface area is 199 Å². The van der Waals surface area contributed by atoms with Gasteiger partial charge < -0.3 is 4.90 Å². The predicted molar refractivity (Wildman–Crippen MR) is 134 cm³/mol. The maximum Gasteiger partial charge on any atom is 0.227 e. The van der Waals surface area contributed by atoms with Crippen molar-refractivity contribution in [3.63, 3.8) is 0 Å². The molecule has 170 valence electrons. The molecule has 4 rings (SSSR count). The van der Waals surface area contributed by atoms with Gasteiger partial charge in [0.2, 0.25) is 5.91 Å². The zero-order chi connectivity index (χ0) is 22.8. The number of carbonyl (C=O) groups excluding carboxylic acids is 1. The average molecular weight is 497 g/mol. The van der Waals surface area contributed by atoms with E-state index in [9.17, 15) is 4.79 Å². The van der Waals surface area contributed by atoms with Gasteiger partial charge in [0.1, 0.15) is 5.82 Å². The van der Waals surface area contributed by atoms with Gasteiger partial charge >= 0.3 is 0 Å². The summed E-state index contributed by atoms with van der Waals surface area (Å²) in [5.74, 6) is 1.37. The molecule has 1 fully saturated rings. The van der Waals surface area contributed by atoms with E-state index < -0.39 is 0 Å². The maximum atomic E-state index is 13.3. The molecule has 0 N–H and O–H groups in total. The summed E-state index contributed by atoms with van der Waals surface area (Å²) in [6, 6.07) is 17.1. The van der Waals surface area contributed by atoms with Crippen molar-refractivity contribution in [1.82, 2.24) is 19.4 Å². The minimum Gasteiger partial charge on any atom is -0.338 e. The zero-order valence-electron chi connectivity index (χ0n) is 19.5. The minimum atomic E-state index is 0.0547. The number of para-hydroxylation sites is 2. The molecule has 32 heavy (non-hydrogen) atoms. The predicted octanol–water partition coefficient (Wildman–Crippen LogP) is 5.65. The molecule has 1 aliphatic rings. The highest BCUT2D eigenvalue weighted by Crippen LogP contribution is 2.26. The van der Waals surface area contributed by atoms with Crippen LogP contribution in [-0.4, -0.2) is 50.4 Å². The standard InChI is InChI=1S/C26H33BrN4O/c1-18(2)30(19(3)4)26(32)20-8-7-15-29(16-20)17-25-28-23-9-5-6-10-24(23)31(25)22-13-11-21(27)12-14-22/h5-6,9-14,18-20H,7-8,15-17H2,1-4H3/t20-/m1/s1. The molecule has 0 bridgehead atoms. The molecule has 0 radical (unpaired) electrons. The number of nitrogens with zero attached hydrogens (tertiary/aromatic N) is 4. The van der Waals surface area contributed by atoms with Crippen molar-refractivity contribution in [3.05, 3.63) is 58.8 Å². The van der Waals surface area contributed by atoms with E-state index >= 15 is 0 Å². The topological polar surface area (TPSA) is 41.4 Å². The fourth-order valence-corrected chi connectivity index (χ4v) is 5.24. The summed E-state index contributed by atoms with van der Waals surface area (Å²) >= 11 is 3.54. The highest BCUT2D eigenvalue weighted by Gasteiger charge is 2.32. The van der Waals surface area contributed by atoms with Crippen LogP contribution in [0.15, 0.2) is 53.0 Å². The Morgan fingerprint density at radius 2 is 1.78 bits per heavy atom. The third-order valence-corrected chi connectivity index (χ3v) is 6.83. The van der Waals surface area contributed by atoms with E-state index in [-0.39, 0.29) is 18.0 Å². The van der Waals surface area contributed by atoms with Crippen molar-refractivity contribution in [3.8, 4) is 5.69 Å². The number of likely N-dealkylation sites (tertiary alicyclic amines) is 1. The Morgan fingerprint density at radius 1 is 1.09 bits per heavy atom. The second kappa shape index (κ2) is 9.75. The summed E-state index contributed by atoms with van der Waals surface area (Å²) in [4.78, 5) is 22.7. The molecule has 2 aromatic carbocycles. The van der Waals surface area contributed by atoms with E-state index in [1.165, 1.54) is 0 Å². The smallest absolute Gasteiger partial charge is 0.227 e. The quantitative estimate of drug-likeness (QED) is 0.442. The molecule has 1 aliphatic heterocycles. The molecule has 1 amide bonds. The van der Waals surface area contributed by atoms with Crippen molar-refractivity contribution < 1.29 is 4.79 Å². The number of aromatic nitrogens is 2. The van der Waals surface area contributed by atoms with Gasteiger partial charge in [0.25, 0.3) is 0 Å². The lowest BCUT2D eigenvalue weighted by atomic mass is 9.95. The van der Waals surface area contributed by atoms with Gasteiger partial charge in [-0.05, 0) is 83.5 Å². The average Bonchev–Trinajstić information content (AvgIpc) is 3.12. The van der Waals surface area contributed by atoms with Crippen LogP contribution in [0.2, 0.25) is 0 Å². The Morgan fingerprint density at radius 3 is 2.47 bits per heavy atom. The van der Waals surface area contributed by atoms with Gasteiger partial charge in [0, 0.05) is 28.8 Å². The fourth-order valence-electron chi connectivity index (χ4n) is 4.98. The van der Waals surface area contributed by atoms with Crippen LogP contribution in [0.25, 0.3) is 16.7 Å². The number of halogens is 1. The molecule has 1 aromatic heterocycles. The van der Waals surface area contributed by atoms with Crippen LogP contribution in [0.3, 0.4) is 0 Å². The van der Waals surface area contributed by atoms with Crippen LogP contribution in [0.1, 0.15) is 46.4 Å². The number of carbonyl (C=O) groups is 1. The number of imidazole rings is 1. The summed E-state index contributed by atoms with van der Waals surface area (Å²) in [6.07, 6.45) is 2.01.